The van der Waals surface area contributed by atoms with Gasteiger partial charge in [0.15, 0.2) is 0 Å². The van der Waals surface area contributed by atoms with Crippen LogP contribution in [-0.2, 0) is 14.8 Å². The number of nitrogens with zero attached hydrogens (tertiary/aromatic N) is 1. The van der Waals surface area contributed by atoms with E-state index in [2.05, 4.69) is 19.2 Å². The van der Waals surface area contributed by atoms with Gasteiger partial charge in [0.05, 0.1) is 4.34 Å². The summed E-state index contributed by atoms with van der Waals surface area (Å²) in [5.74, 6) is 0.771. The van der Waals surface area contributed by atoms with E-state index in [9.17, 15) is 13.2 Å². The van der Waals surface area contributed by atoms with Crippen molar-refractivity contribution >= 4 is 38.9 Å². The Bertz CT molecular complexity index is 680. The second-order valence-corrected chi connectivity index (χ2v) is 10.9. The van der Waals surface area contributed by atoms with E-state index in [1.54, 1.807) is 12.1 Å². The SMILES string of the molecule is CC(C)CCNC(=O)[C@@H](C)C1CCN(S(=O)(=O)c2ccc(Cl)s2)CC1. The van der Waals surface area contributed by atoms with Gasteiger partial charge in [-0.1, -0.05) is 32.4 Å². The first-order chi connectivity index (χ1) is 11.7. The van der Waals surface area contributed by atoms with Crippen molar-refractivity contribution in [2.75, 3.05) is 19.6 Å². The Kier molecular flexibility index (Phi) is 7.31. The van der Waals surface area contributed by atoms with Gasteiger partial charge in [0.2, 0.25) is 5.91 Å². The number of amides is 1. The molecule has 0 aliphatic carbocycles. The molecule has 1 aliphatic heterocycles. The molecule has 0 spiro atoms. The van der Waals surface area contributed by atoms with Gasteiger partial charge in [-0.05, 0) is 43.2 Å². The van der Waals surface area contributed by atoms with Crippen molar-refractivity contribution in [3.05, 3.63) is 16.5 Å². The molecule has 0 aromatic carbocycles. The molecule has 2 heterocycles. The van der Waals surface area contributed by atoms with E-state index in [0.29, 0.717) is 42.7 Å². The first-order valence-corrected chi connectivity index (χ1v) is 11.4. The van der Waals surface area contributed by atoms with Gasteiger partial charge in [0.25, 0.3) is 10.0 Å². The van der Waals surface area contributed by atoms with Crippen LogP contribution in [-0.4, -0.2) is 38.3 Å². The van der Waals surface area contributed by atoms with Crippen molar-refractivity contribution < 1.29 is 13.2 Å². The zero-order valence-corrected chi connectivity index (χ0v) is 17.4. The van der Waals surface area contributed by atoms with Gasteiger partial charge in [-0.25, -0.2) is 8.42 Å². The molecule has 1 fully saturated rings. The second-order valence-electron chi connectivity index (χ2n) is 7.06. The predicted molar refractivity (Wildman–Crippen MR) is 102 cm³/mol. The van der Waals surface area contributed by atoms with Crippen LogP contribution in [0.2, 0.25) is 4.34 Å². The van der Waals surface area contributed by atoms with E-state index in [1.807, 2.05) is 6.92 Å². The monoisotopic (exact) mass is 406 g/mol. The van der Waals surface area contributed by atoms with Crippen LogP contribution >= 0.6 is 22.9 Å². The highest BCUT2D eigenvalue weighted by Crippen LogP contribution is 2.32. The third kappa shape index (κ3) is 5.42. The molecule has 25 heavy (non-hydrogen) atoms. The van der Waals surface area contributed by atoms with Crippen LogP contribution in [0.25, 0.3) is 0 Å². The normalized spacial score (nSPS) is 18.4. The number of piperidine rings is 1. The van der Waals surface area contributed by atoms with Crippen molar-refractivity contribution in [2.24, 2.45) is 17.8 Å². The van der Waals surface area contributed by atoms with Crippen LogP contribution in [0.1, 0.15) is 40.0 Å². The van der Waals surface area contributed by atoms with Gasteiger partial charge in [0, 0.05) is 25.6 Å². The predicted octanol–water partition coefficient (Wildman–Crippen LogP) is 3.60. The van der Waals surface area contributed by atoms with E-state index in [4.69, 9.17) is 11.6 Å². The molecule has 1 N–H and O–H groups in total. The summed E-state index contributed by atoms with van der Waals surface area (Å²) in [6, 6.07) is 3.16. The number of sulfonamides is 1. The van der Waals surface area contributed by atoms with E-state index in [0.717, 1.165) is 17.8 Å². The molecule has 1 aromatic heterocycles. The number of carbonyl (C=O) groups excluding carboxylic acids is 1. The molecular formula is C17H27ClN2O3S2. The molecule has 8 heteroatoms. The number of halogens is 1. The number of rotatable bonds is 7. The van der Waals surface area contributed by atoms with Crippen LogP contribution in [0, 0.1) is 17.8 Å². The smallest absolute Gasteiger partial charge is 0.252 e. The van der Waals surface area contributed by atoms with Crippen LogP contribution < -0.4 is 5.32 Å². The Morgan fingerprint density at radius 3 is 2.48 bits per heavy atom. The molecular weight excluding hydrogens is 380 g/mol. The van der Waals surface area contributed by atoms with Crippen molar-refractivity contribution in [3.63, 3.8) is 0 Å². The lowest BCUT2D eigenvalue weighted by atomic mass is 9.85. The standard InChI is InChI=1S/C17H27ClN2O3S2/c1-12(2)6-9-19-17(21)13(3)14-7-10-20(11-8-14)25(22,23)16-5-4-15(18)24-16/h4-5,12-14H,6-11H2,1-3H3,(H,19,21)/t13-/m0/s1. The van der Waals surface area contributed by atoms with Crippen LogP contribution in [0.5, 0.6) is 0 Å². The third-order valence-corrected chi connectivity index (χ3v) is 8.38. The maximum atomic E-state index is 12.6. The van der Waals surface area contributed by atoms with Gasteiger partial charge in [-0.15, -0.1) is 11.3 Å². The quantitative estimate of drug-likeness (QED) is 0.752. The molecule has 5 nitrogen and oxygen atoms in total. The Morgan fingerprint density at radius 2 is 1.96 bits per heavy atom. The van der Waals surface area contributed by atoms with Gasteiger partial charge in [-0.3, -0.25) is 4.79 Å². The number of hydrogen-bond acceptors (Lipinski definition) is 4. The summed E-state index contributed by atoms with van der Waals surface area (Å²) in [5.41, 5.74) is 0. The molecule has 0 bridgehead atoms. The van der Waals surface area contributed by atoms with Gasteiger partial charge in [-0.2, -0.15) is 4.31 Å². The largest absolute Gasteiger partial charge is 0.356 e. The Labute approximate surface area is 159 Å². The molecule has 1 atom stereocenters. The van der Waals surface area contributed by atoms with Crippen molar-refractivity contribution in [2.45, 2.75) is 44.2 Å². The minimum atomic E-state index is -3.47. The fourth-order valence-electron chi connectivity index (χ4n) is 3.04. The van der Waals surface area contributed by atoms with Crippen molar-refractivity contribution in [3.8, 4) is 0 Å². The molecule has 1 amide bonds. The molecule has 0 radical (unpaired) electrons. The lowest BCUT2D eigenvalue weighted by Gasteiger charge is -2.33. The average molecular weight is 407 g/mol. The van der Waals surface area contributed by atoms with Gasteiger partial charge < -0.3 is 5.32 Å². The molecule has 1 aliphatic rings. The minimum Gasteiger partial charge on any atom is -0.356 e. The Balaban J connectivity index is 1.87. The van der Waals surface area contributed by atoms with Gasteiger partial charge >= 0.3 is 0 Å². The molecule has 0 unspecified atom stereocenters. The maximum Gasteiger partial charge on any atom is 0.252 e. The summed E-state index contributed by atoms with van der Waals surface area (Å²) in [6.45, 7) is 7.81. The van der Waals surface area contributed by atoms with E-state index < -0.39 is 10.0 Å². The highest BCUT2D eigenvalue weighted by Gasteiger charge is 2.33. The van der Waals surface area contributed by atoms with Crippen molar-refractivity contribution in [1.29, 1.82) is 0 Å². The summed E-state index contributed by atoms with van der Waals surface area (Å²) < 4.78 is 27.5. The highest BCUT2D eigenvalue weighted by molar-refractivity contribution is 7.91. The van der Waals surface area contributed by atoms with Crippen LogP contribution in [0.3, 0.4) is 0 Å². The summed E-state index contributed by atoms with van der Waals surface area (Å²) >= 11 is 6.94. The second kappa shape index (κ2) is 8.84. The zero-order valence-electron chi connectivity index (χ0n) is 15.0. The van der Waals surface area contributed by atoms with E-state index in [1.165, 1.54) is 4.31 Å². The van der Waals surface area contributed by atoms with Crippen LogP contribution in [0.4, 0.5) is 0 Å². The fourth-order valence-corrected chi connectivity index (χ4v) is 6.15. The van der Waals surface area contributed by atoms with Crippen molar-refractivity contribution in [1.82, 2.24) is 9.62 Å². The Morgan fingerprint density at radius 1 is 1.32 bits per heavy atom. The van der Waals surface area contributed by atoms with Crippen LogP contribution in [0.15, 0.2) is 16.3 Å². The topological polar surface area (TPSA) is 66.5 Å². The third-order valence-electron chi connectivity index (χ3n) is 4.78. The first kappa shape index (κ1) is 20.7. The number of thiophene rings is 1. The summed E-state index contributed by atoms with van der Waals surface area (Å²) in [5, 5.41) is 3.00. The number of carbonyl (C=O) groups is 1. The lowest BCUT2D eigenvalue weighted by molar-refractivity contribution is -0.126. The lowest BCUT2D eigenvalue weighted by Crippen LogP contribution is -2.42. The molecule has 1 saturated heterocycles. The van der Waals surface area contributed by atoms with Gasteiger partial charge in [0.1, 0.15) is 4.21 Å². The molecule has 142 valence electrons. The highest BCUT2D eigenvalue weighted by atomic mass is 35.5. The molecule has 0 saturated carbocycles. The molecule has 1 aromatic rings. The fraction of sp³-hybridized carbons (Fsp3) is 0.706. The Hall–Kier alpha value is -0.630. The van der Waals surface area contributed by atoms with E-state index in [-0.39, 0.29) is 22.0 Å². The maximum absolute atomic E-state index is 12.6. The first-order valence-electron chi connectivity index (χ1n) is 8.75. The molecule has 2 rings (SSSR count). The number of hydrogen-bond donors (Lipinski definition) is 1. The van der Waals surface area contributed by atoms with E-state index >= 15 is 0 Å². The minimum absolute atomic E-state index is 0.0759. The summed E-state index contributed by atoms with van der Waals surface area (Å²) in [4.78, 5) is 12.3. The average Bonchev–Trinajstić information content (AvgIpc) is 3.01. The summed E-state index contributed by atoms with van der Waals surface area (Å²) in [7, 11) is -3.47. The number of nitrogens with one attached hydrogen (secondary N) is 1. The summed E-state index contributed by atoms with van der Waals surface area (Å²) in [6.07, 6.45) is 2.38. The zero-order chi connectivity index (χ0) is 18.6.